The molecule has 0 aliphatic carbocycles. The summed E-state index contributed by atoms with van der Waals surface area (Å²) in [5, 5.41) is 6.33. The molecule has 0 bridgehead atoms. The van der Waals surface area contributed by atoms with Crippen molar-refractivity contribution in [2.75, 3.05) is 16.4 Å². The molecular formula is C26H23N3O2S2. The van der Waals surface area contributed by atoms with Gasteiger partial charge < -0.3 is 5.32 Å². The molecule has 0 unspecified atom stereocenters. The number of thiazole rings is 1. The van der Waals surface area contributed by atoms with E-state index in [0.717, 1.165) is 27.4 Å². The van der Waals surface area contributed by atoms with Gasteiger partial charge in [-0.15, -0.1) is 23.1 Å². The summed E-state index contributed by atoms with van der Waals surface area (Å²) in [6.07, 6.45) is 2.57. The Kier molecular flexibility index (Phi) is 7.55. The van der Waals surface area contributed by atoms with Crippen molar-refractivity contribution in [1.29, 1.82) is 0 Å². The normalized spacial score (nSPS) is 10.6. The van der Waals surface area contributed by atoms with Crippen molar-refractivity contribution in [2.45, 2.75) is 18.2 Å². The largest absolute Gasteiger partial charge is 0.325 e. The Hall–Kier alpha value is -3.42. The van der Waals surface area contributed by atoms with E-state index >= 15 is 0 Å². The number of thioether (sulfide) groups is 1. The Morgan fingerprint density at radius 1 is 0.909 bits per heavy atom. The van der Waals surface area contributed by atoms with Crippen LogP contribution in [0.15, 0.2) is 90.0 Å². The molecule has 7 heteroatoms. The van der Waals surface area contributed by atoms with Crippen LogP contribution in [0.5, 0.6) is 0 Å². The summed E-state index contributed by atoms with van der Waals surface area (Å²) in [4.78, 5) is 31.4. The monoisotopic (exact) mass is 473 g/mol. The Morgan fingerprint density at radius 2 is 1.64 bits per heavy atom. The minimum atomic E-state index is -0.238. The lowest BCUT2D eigenvalue weighted by atomic mass is 10.1. The molecule has 2 amide bonds. The van der Waals surface area contributed by atoms with Gasteiger partial charge in [0.1, 0.15) is 0 Å². The molecule has 0 saturated heterocycles. The lowest BCUT2D eigenvalue weighted by molar-refractivity contribution is -0.113. The van der Waals surface area contributed by atoms with Gasteiger partial charge in [0, 0.05) is 28.1 Å². The SMILES string of the molecule is Cc1ccc(NC(=O)CSc2ccccc2C(=O)Nc2ncc(Cc3ccccc3)s2)cc1. The molecule has 0 spiro atoms. The summed E-state index contributed by atoms with van der Waals surface area (Å²) < 4.78 is 0. The van der Waals surface area contributed by atoms with E-state index in [1.807, 2.05) is 67.6 Å². The van der Waals surface area contributed by atoms with Crippen LogP contribution in [0.1, 0.15) is 26.4 Å². The molecule has 0 fully saturated rings. The molecule has 2 N–H and O–H groups in total. The highest BCUT2D eigenvalue weighted by Crippen LogP contribution is 2.26. The molecule has 0 aliphatic heterocycles. The number of amides is 2. The fourth-order valence-corrected chi connectivity index (χ4v) is 4.86. The van der Waals surface area contributed by atoms with E-state index in [1.165, 1.54) is 28.7 Å². The summed E-state index contributed by atoms with van der Waals surface area (Å²) in [5.41, 5.74) is 3.61. The van der Waals surface area contributed by atoms with E-state index in [-0.39, 0.29) is 17.6 Å². The molecule has 3 aromatic carbocycles. The van der Waals surface area contributed by atoms with E-state index in [0.29, 0.717) is 10.7 Å². The van der Waals surface area contributed by atoms with Gasteiger partial charge in [-0.05, 0) is 36.8 Å². The third kappa shape index (κ3) is 6.54. The van der Waals surface area contributed by atoms with Crippen LogP contribution in [0.4, 0.5) is 10.8 Å². The van der Waals surface area contributed by atoms with Crippen molar-refractivity contribution >= 4 is 45.7 Å². The molecule has 4 aromatic rings. The number of carbonyl (C=O) groups is 2. The minimum Gasteiger partial charge on any atom is -0.325 e. The molecule has 0 radical (unpaired) electrons. The van der Waals surface area contributed by atoms with Crippen LogP contribution >= 0.6 is 23.1 Å². The second-order valence-electron chi connectivity index (χ2n) is 7.45. The van der Waals surface area contributed by atoms with Crippen LogP contribution in [0.2, 0.25) is 0 Å². The zero-order chi connectivity index (χ0) is 23.0. The summed E-state index contributed by atoms with van der Waals surface area (Å²) >= 11 is 2.80. The number of aryl methyl sites for hydroxylation is 1. The molecule has 4 rings (SSSR count). The third-order valence-electron chi connectivity index (χ3n) is 4.82. The zero-order valence-corrected chi connectivity index (χ0v) is 19.7. The second kappa shape index (κ2) is 10.9. The number of nitrogens with zero attached hydrogens (tertiary/aromatic N) is 1. The lowest BCUT2D eigenvalue weighted by Gasteiger charge is -2.09. The van der Waals surface area contributed by atoms with Gasteiger partial charge in [0.2, 0.25) is 5.91 Å². The Balaban J connectivity index is 1.36. The van der Waals surface area contributed by atoms with Crippen molar-refractivity contribution in [3.05, 3.63) is 107 Å². The number of carbonyl (C=O) groups excluding carboxylic acids is 2. The summed E-state index contributed by atoms with van der Waals surface area (Å²) in [7, 11) is 0. The molecule has 1 aromatic heterocycles. The first-order chi connectivity index (χ1) is 16.1. The van der Waals surface area contributed by atoms with E-state index in [9.17, 15) is 9.59 Å². The highest BCUT2D eigenvalue weighted by Gasteiger charge is 2.15. The van der Waals surface area contributed by atoms with Gasteiger partial charge in [-0.1, -0.05) is 60.2 Å². The van der Waals surface area contributed by atoms with Crippen LogP contribution in [-0.4, -0.2) is 22.6 Å². The molecule has 5 nitrogen and oxygen atoms in total. The zero-order valence-electron chi connectivity index (χ0n) is 18.1. The van der Waals surface area contributed by atoms with Gasteiger partial charge in [-0.2, -0.15) is 0 Å². The fraction of sp³-hybridized carbons (Fsp3) is 0.115. The fourth-order valence-electron chi connectivity index (χ4n) is 3.17. The topological polar surface area (TPSA) is 71.1 Å². The van der Waals surface area contributed by atoms with Crippen LogP contribution in [0, 0.1) is 6.92 Å². The molecule has 1 heterocycles. The van der Waals surface area contributed by atoms with Crippen molar-refractivity contribution in [3.63, 3.8) is 0 Å². The number of nitrogens with one attached hydrogen (secondary N) is 2. The van der Waals surface area contributed by atoms with Gasteiger partial charge >= 0.3 is 0 Å². The van der Waals surface area contributed by atoms with Crippen LogP contribution < -0.4 is 10.6 Å². The van der Waals surface area contributed by atoms with Gasteiger partial charge in [-0.25, -0.2) is 4.98 Å². The number of hydrogen-bond donors (Lipinski definition) is 2. The Morgan fingerprint density at radius 3 is 2.42 bits per heavy atom. The first kappa shape index (κ1) is 22.8. The quantitative estimate of drug-likeness (QED) is 0.307. The molecule has 166 valence electrons. The summed E-state index contributed by atoms with van der Waals surface area (Å²) in [6, 6.07) is 25.1. The predicted octanol–water partition coefficient (Wildman–Crippen LogP) is 6.03. The third-order valence-corrected chi connectivity index (χ3v) is 6.81. The van der Waals surface area contributed by atoms with Crippen LogP contribution in [-0.2, 0) is 11.2 Å². The maximum atomic E-state index is 12.9. The van der Waals surface area contributed by atoms with E-state index in [2.05, 4.69) is 27.8 Å². The van der Waals surface area contributed by atoms with Gasteiger partial charge in [0.05, 0.1) is 11.3 Å². The van der Waals surface area contributed by atoms with Crippen molar-refractivity contribution in [2.24, 2.45) is 0 Å². The van der Waals surface area contributed by atoms with Gasteiger partial charge in [-0.3, -0.25) is 14.9 Å². The number of aromatic nitrogens is 1. The van der Waals surface area contributed by atoms with Gasteiger partial charge in [0.15, 0.2) is 5.13 Å². The van der Waals surface area contributed by atoms with Gasteiger partial charge in [0.25, 0.3) is 5.91 Å². The minimum absolute atomic E-state index is 0.121. The predicted molar refractivity (Wildman–Crippen MR) is 136 cm³/mol. The highest BCUT2D eigenvalue weighted by atomic mass is 32.2. The average molecular weight is 474 g/mol. The number of anilines is 2. The maximum Gasteiger partial charge on any atom is 0.258 e. The first-order valence-corrected chi connectivity index (χ1v) is 12.3. The van der Waals surface area contributed by atoms with E-state index in [4.69, 9.17) is 0 Å². The van der Waals surface area contributed by atoms with E-state index < -0.39 is 0 Å². The van der Waals surface area contributed by atoms with Crippen LogP contribution in [0.25, 0.3) is 0 Å². The summed E-state index contributed by atoms with van der Waals surface area (Å²) in [5.74, 6) is -0.154. The highest BCUT2D eigenvalue weighted by molar-refractivity contribution is 8.00. The van der Waals surface area contributed by atoms with Crippen molar-refractivity contribution in [1.82, 2.24) is 4.98 Å². The Bertz CT molecular complexity index is 1240. The Labute approximate surface area is 201 Å². The molecule has 0 saturated carbocycles. The van der Waals surface area contributed by atoms with E-state index in [1.54, 1.807) is 12.3 Å². The standard InChI is InChI=1S/C26H23N3O2S2/c1-18-11-13-20(14-12-18)28-24(30)17-32-23-10-6-5-9-22(23)25(31)29-26-27-16-21(33-26)15-19-7-3-2-4-8-19/h2-14,16H,15,17H2,1H3,(H,28,30)(H,27,29,31). The smallest absolute Gasteiger partial charge is 0.258 e. The molecular weight excluding hydrogens is 450 g/mol. The molecule has 0 aliphatic rings. The first-order valence-electron chi connectivity index (χ1n) is 10.4. The maximum absolute atomic E-state index is 12.9. The lowest BCUT2D eigenvalue weighted by Crippen LogP contribution is -2.15. The average Bonchev–Trinajstić information content (AvgIpc) is 3.26. The summed E-state index contributed by atoms with van der Waals surface area (Å²) in [6.45, 7) is 2.00. The second-order valence-corrected chi connectivity index (χ2v) is 9.58. The van der Waals surface area contributed by atoms with Crippen molar-refractivity contribution in [3.8, 4) is 0 Å². The molecule has 33 heavy (non-hydrogen) atoms. The van der Waals surface area contributed by atoms with Crippen molar-refractivity contribution < 1.29 is 9.59 Å². The van der Waals surface area contributed by atoms with Crippen LogP contribution in [0.3, 0.4) is 0 Å². The molecule has 0 atom stereocenters. The number of rotatable bonds is 8. The number of benzene rings is 3. The number of hydrogen-bond acceptors (Lipinski definition) is 5.